The summed E-state index contributed by atoms with van der Waals surface area (Å²) < 4.78 is 0. The maximum atomic E-state index is 13.0. The third-order valence-electron chi connectivity index (χ3n) is 5.62. The summed E-state index contributed by atoms with van der Waals surface area (Å²) in [5.74, 6) is -0.120. The number of hydrogen-bond donors (Lipinski definition) is 3. The Labute approximate surface area is 172 Å². The van der Waals surface area contributed by atoms with Crippen molar-refractivity contribution in [3.05, 3.63) is 64.2 Å². The maximum Gasteiger partial charge on any atom is 0.252 e. The van der Waals surface area contributed by atoms with E-state index in [4.69, 9.17) is 0 Å². The van der Waals surface area contributed by atoms with Crippen LogP contribution in [0.4, 0.5) is 5.69 Å². The molecule has 2 aromatic carbocycles. The number of carbonyl (C=O) groups excluding carboxylic acids is 1. The standard InChI is InChI=1S/C23H31N3O3/c1-16-4-5-21(26-8-6-25(3)7-9-26)13-22(16)23(29)24-17(2)20-11-18(14-27)10-19(12-20)15-28/h4-5,10-13,17,27-28H,6-9,14-15H2,1-3H3,(H,24,29)/t17-/m1/s1. The number of piperazine rings is 1. The first kappa shape index (κ1) is 21.3. The summed E-state index contributed by atoms with van der Waals surface area (Å²) >= 11 is 0. The minimum Gasteiger partial charge on any atom is -0.392 e. The second kappa shape index (κ2) is 9.39. The fraction of sp³-hybridized carbons (Fsp3) is 0.435. The molecule has 1 aliphatic heterocycles. The predicted molar refractivity (Wildman–Crippen MR) is 115 cm³/mol. The molecule has 0 radical (unpaired) electrons. The fourth-order valence-electron chi connectivity index (χ4n) is 3.70. The van der Waals surface area contributed by atoms with Crippen molar-refractivity contribution < 1.29 is 15.0 Å². The molecule has 0 spiro atoms. The van der Waals surface area contributed by atoms with Gasteiger partial charge in [-0.25, -0.2) is 0 Å². The molecular formula is C23H31N3O3. The molecule has 3 rings (SSSR count). The van der Waals surface area contributed by atoms with E-state index >= 15 is 0 Å². The second-order valence-electron chi connectivity index (χ2n) is 7.88. The molecule has 6 nitrogen and oxygen atoms in total. The highest BCUT2D eigenvalue weighted by atomic mass is 16.3. The summed E-state index contributed by atoms with van der Waals surface area (Å²) in [6.07, 6.45) is 0. The Morgan fingerprint density at radius 2 is 1.66 bits per heavy atom. The zero-order valence-corrected chi connectivity index (χ0v) is 17.5. The second-order valence-corrected chi connectivity index (χ2v) is 7.88. The number of aliphatic hydroxyl groups excluding tert-OH is 2. The molecule has 0 saturated carbocycles. The normalized spacial score (nSPS) is 16.0. The van der Waals surface area contributed by atoms with Gasteiger partial charge in [-0.3, -0.25) is 4.79 Å². The summed E-state index contributed by atoms with van der Waals surface area (Å²) in [6.45, 7) is 7.59. The molecule has 0 bridgehead atoms. The van der Waals surface area contributed by atoms with Crippen LogP contribution in [0.5, 0.6) is 0 Å². The summed E-state index contributed by atoms with van der Waals surface area (Å²) in [7, 11) is 2.13. The Morgan fingerprint density at radius 1 is 1.03 bits per heavy atom. The lowest BCUT2D eigenvalue weighted by Gasteiger charge is -2.34. The minimum absolute atomic E-state index is 0.103. The van der Waals surface area contributed by atoms with Gasteiger partial charge in [-0.1, -0.05) is 24.3 Å². The lowest BCUT2D eigenvalue weighted by Crippen LogP contribution is -2.44. The summed E-state index contributed by atoms with van der Waals surface area (Å²) in [5.41, 5.74) is 5.00. The van der Waals surface area contributed by atoms with Crippen molar-refractivity contribution in [3.63, 3.8) is 0 Å². The van der Waals surface area contributed by atoms with Gasteiger partial charge in [-0.05, 0) is 55.3 Å². The topological polar surface area (TPSA) is 76.0 Å². The van der Waals surface area contributed by atoms with Crippen LogP contribution < -0.4 is 10.2 Å². The van der Waals surface area contributed by atoms with Crippen LogP contribution in [0.3, 0.4) is 0 Å². The molecule has 0 aromatic heterocycles. The highest BCUT2D eigenvalue weighted by Gasteiger charge is 2.18. The largest absolute Gasteiger partial charge is 0.392 e. The Balaban J connectivity index is 1.77. The number of aliphatic hydroxyl groups is 2. The molecular weight excluding hydrogens is 366 g/mol. The number of nitrogens with zero attached hydrogens (tertiary/aromatic N) is 2. The molecule has 6 heteroatoms. The summed E-state index contributed by atoms with van der Waals surface area (Å²) in [5, 5.41) is 22.0. The zero-order valence-electron chi connectivity index (χ0n) is 17.5. The van der Waals surface area contributed by atoms with Gasteiger partial charge in [0.1, 0.15) is 0 Å². The van der Waals surface area contributed by atoms with E-state index in [-0.39, 0.29) is 25.2 Å². The van der Waals surface area contributed by atoms with E-state index in [2.05, 4.69) is 28.2 Å². The summed E-state index contributed by atoms with van der Waals surface area (Å²) in [6, 6.07) is 11.3. The van der Waals surface area contributed by atoms with Crippen LogP contribution >= 0.6 is 0 Å². The first-order valence-corrected chi connectivity index (χ1v) is 10.1. The lowest BCUT2D eigenvalue weighted by atomic mass is 10.0. The minimum atomic E-state index is -0.244. The molecule has 1 saturated heterocycles. The van der Waals surface area contributed by atoms with E-state index in [0.717, 1.165) is 54.1 Å². The Bertz CT molecular complexity index is 838. The SMILES string of the molecule is Cc1ccc(N2CCN(C)CC2)cc1C(=O)N[C@H](C)c1cc(CO)cc(CO)c1. The van der Waals surface area contributed by atoms with Crippen LogP contribution in [0, 0.1) is 6.92 Å². The number of amides is 1. The first-order chi connectivity index (χ1) is 13.9. The number of benzene rings is 2. The number of nitrogens with one attached hydrogen (secondary N) is 1. The van der Waals surface area contributed by atoms with Crippen LogP contribution in [0.15, 0.2) is 36.4 Å². The van der Waals surface area contributed by atoms with Crippen LogP contribution in [-0.2, 0) is 13.2 Å². The number of rotatable bonds is 6. The molecule has 3 N–H and O–H groups in total. The van der Waals surface area contributed by atoms with Crippen LogP contribution in [0.25, 0.3) is 0 Å². The molecule has 1 amide bonds. The van der Waals surface area contributed by atoms with Crippen molar-refractivity contribution in [3.8, 4) is 0 Å². The van der Waals surface area contributed by atoms with E-state index < -0.39 is 0 Å². The van der Waals surface area contributed by atoms with E-state index in [1.54, 1.807) is 6.07 Å². The van der Waals surface area contributed by atoms with Gasteiger partial charge in [-0.15, -0.1) is 0 Å². The van der Waals surface area contributed by atoms with E-state index in [0.29, 0.717) is 5.56 Å². The molecule has 2 aromatic rings. The van der Waals surface area contributed by atoms with Crippen LogP contribution in [-0.4, -0.2) is 54.2 Å². The Kier molecular flexibility index (Phi) is 6.90. The molecule has 0 unspecified atom stereocenters. The third kappa shape index (κ3) is 5.15. The number of carbonyl (C=O) groups is 1. The monoisotopic (exact) mass is 397 g/mol. The molecule has 1 atom stereocenters. The van der Waals surface area contributed by atoms with E-state index in [1.165, 1.54) is 0 Å². The molecule has 1 aliphatic rings. The zero-order chi connectivity index (χ0) is 21.0. The Morgan fingerprint density at radius 3 is 2.24 bits per heavy atom. The van der Waals surface area contributed by atoms with Gasteiger partial charge in [0.15, 0.2) is 0 Å². The van der Waals surface area contributed by atoms with Gasteiger partial charge in [0, 0.05) is 37.4 Å². The molecule has 0 aliphatic carbocycles. The van der Waals surface area contributed by atoms with Crippen LogP contribution in [0.2, 0.25) is 0 Å². The average molecular weight is 398 g/mol. The van der Waals surface area contributed by atoms with Gasteiger partial charge in [0.2, 0.25) is 0 Å². The van der Waals surface area contributed by atoms with Crippen molar-refractivity contribution in [2.24, 2.45) is 0 Å². The molecule has 1 fully saturated rings. The molecule has 29 heavy (non-hydrogen) atoms. The van der Waals surface area contributed by atoms with Crippen molar-refractivity contribution in [2.45, 2.75) is 33.1 Å². The first-order valence-electron chi connectivity index (χ1n) is 10.1. The fourth-order valence-corrected chi connectivity index (χ4v) is 3.70. The lowest BCUT2D eigenvalue weighted by molar-refractivity contribution is 0.0939. The van der Waals surface area contributed by atoms with Crippen molar-refractivity contribution in [1.29, 1.82) is 0 Å². The van der Waals surface area contributed by atoms with Gasteiger partial charge in [0.05, 0.1) is 19.3 Å². The smallest absolute Gasteiger partial charge is 0.252 e. The molecule has 1 heterocycles. The number of likely N-dealkylation sites (N-methyl/N-ethyl adjacent to an activating group) is 1. The number of anilines is 1. The van der Waals surface area contributed by atoms with Gasteiger partial charge < -0.3 is 25.3 Å². The van der Waals surface area contributed by atoms with Gasteiger partial charge >= 0.3 is 0 Å². The van der Waals surface area contributed by atoms with E-state index in [9.17, 15) is 15.0 Å². The maximum absolute atomic E-state index is 13.0. The van der Waals surface area contributed by atoms with Gasteiger partial charge in [0.25, 0.3) is 5.91 Å². The third-order valence-corrected chi connectivity index (χ3v) is 5.62. The van der Waals surface area contributed by atoms with Gasteiger partial charge in [-0.2, -0.15) is 0 Å². The van der Waals surface area contributed by atoms with Crippen molar-refractivity contribution in [1.82, 2.24) is 10.2 Å². The highest BCUT2D eigenvalue weighted by Crippen LogP contribution is 2.23. The summed E-state index contributed by atoms with van der Waals surface area (Å²) in [4.78, 5) is 17.6. The highest BCUT2D eigenvalue weighted by molar-refractivity contribution is 5.96. The van der Waals surface area contributed by atoms with Crippen molar-refractivity contribution in [2.75, 3.05) is 38.1 Å². The number of aryl methyl sites for hydroxylation is 1. The van der Waals surface area contributed by atoms with Crippen LogP contribution in [0.1, 0.15) is 45.6 Å². The van der Waals surface area contributed by atoms with E-state index in [1.807, 2.05) is 38.1 Å². The average Bonchev–Trinajstić information content (AvgIpc) is 2.74. The molecule has 156 valence electrons. The predicted octanol–water partition coefficient (Wildman–Crippen LogP) is 2.22. The quantitative estimate of drug-likeness (QED) is 0.697. The number of hydrogen-bond acceptors (Lipinski definition) is 5. The van der Waals surface area contributed by atoms with Crippen molar-refractivity contribution >= 4 is 11.6 Å². The Hall–Kier alpha value is -2.41.